The molecule has 0 spiro atoms. The Morgan fingerprint density at radius 1 is 1.14 bits per heavy atom. The van der Waals surface area contributed by atoms with Crippen LogP contribution in [0.3, 0.4) is 0 Å². The van der Waals surface area contributed by atoms with Gasteiger partial charge in [0, 0.05) is 38.5 Å². The zero-order valence-electron chi connectivity index (χ0n) is 13.5. The van der Waals surface area contributed by atoms with Crippen LogP contribution in [0.2, 0.25) is 0 Å². The number of likely N-dealkylation sites (tertiary alicyclic amines) is 2. The van der Waals surface area contributed by atoms with Crippen molar-refractivity contribution in [2.24, 2.45) is 5.41 Å². The Balaban J connectivity index is 1.92. The molecule has 1 unspecified atom stereocenters. The van der Waals surface area contributed by atoms with E-state index in [0.717, 1.165) is 19.4 Å². The summed E-state index contributed by atoms with van der Waals surface area (Å²) >= 11 is 0. The molecule has 2 aliphatic heterocycles. The molecular weight excluding hydrogens is 274 g/mol. The van der Waals surface area contributed by atoms with Gasteiger partial charge in [0.15, 0.2) is 0 Å². The van der Waals surface area contributed by atoms with Gasteiger partial charge in [0.1, 0.15) is 0 Å². The average Bonchev–Trinajstić information content (AvgIpc) is 2.40. The number of carbonyl (C=O) groups excluding carboxylic acids is 1. The molecule has 0 aromatic heterocycles. The summed E-state index contributed by atoms with van der Waals surface area (Å²) in [7, 11) is 0. The third kappa shape index (κ3) is 4.38. The van der Waals surface area contributed by atoms with Crippen LogP contribution in [0.1, 0.15) is 52.9 Å². The smallest absolute Gasteiger partial charge is 0.250 e. The molecule has 0 radical (unpaired) electrons. The van der Waals surface area contributed by atoms with Gasteiger partial charge in [-0.3, -0.25) is 9.69 Å². The number of alkyl halides is 2. The van der Waals surface area contributed by atoms with Gasteiger partial charge in [-0.1, -0.05) is 20.8 Å². The van der Waals surface area contributed by atoms with Gasteiger partial charge >= 0.3 is 0 Å². The van der Waals surface area contributed by atoms with Crippen molar-refractivity contribution in [1.29, 1.82) is 0 Å². The van der Waals surface area contributed by atoms with Crippen molar-refractivity contribution in [2.45, 2.75) is 64.8 Å². The lowest BCUT2D eigenvalue weighted by Crippen LogP contribution is -2.53. The molecule has 0 aliphatic carbocycles. The van der Waals surface area contributed by atoms with E-state index in [-0.39, 0.29) is 30.2 Å². The zero-order chi connectivity index (χ0) is 15.7. The molecule has 0 aromatic rings. The van der Waals surface area contributed by atoms with Crippen LogP contribution in [0, 0.1) is 5.41 Å². The highest BCUT2D eigenvalue weighted by Gasteiger charge is 2.38. The highest BCUT2D eigenvalue weighted by molar-refractivity contribution is 5.78. The molecule has 0 N–H and O–H groups in total. The largest absolute Gasteiger partial charge is 0.338 e. The highest BCUT2D eigenvalue weighted by Crippen LogP contribution is 2.32. The predicted octanol–water partition coefficient (Wildman–Crippen LogP) is 3.14. The van der Waals surface area contributed by atoms with Crippen LogP contribution in [0.15, 0.2) is 0 Å². The summed E-state index contributed by atoms with van der Waals surface area (Å²) in [5.41, 5.74) is 0.0744. The van der Waals surface area contributed by atoms with Gasteiger partial charge in [-0.2, -0.15) is 0 Å². The third-order valence-corrected chi connectivity index (χ3v) is 4.77. The molecule has 2 saturated heterocycles. The van der Waals surface area contributed by atoms with Gasteiger partial charge in [-0.05, 0) is 24.7 Å². The first-order valence-corrected chi connectivity index (χ1v) is 8.09. The maximum absolute atomic E-state index is 13.2. The van der Waals surface area contributed by atoms with Crippen LogP contribution in [-0.4, -0.2) is 53.9 Å². The van der Waals surface area contributed by atoms with E-state index >= 15 is 0 Å². The second-order valence-corrected chi connectivity index (χ2v) is 7.60. The van der Waals surface area contributed by atoms with Crippen LogP contribution in [0.4, 0.5) is 8.78 Å². The number of hydrogen-bond donors (Lipinski definition) is 0. The van der Waals surface area contributed by atoms with Gasteiger partial charge in [0.25, 0.3) is 5.92 Å². The van der Waals surface area contributed by atoms with E-state index in [1.54, 1.807) is 0 Å². The van der Waals surface area contributed by atoms with Crippen LogP contribution in [-0.2, 0) is 4.79 Å². The van der Waals surface area contributed by atoms with Gasteiger partial charge in [0.2, 0.25) is 5.91 Å². The van der Waals surface area contributed by atoms with E-state index in [1.807, 2.05) is 9.80 Å². The standard InChI is InChI=1S/C16H28F2N2O/c1-15(2,3)13-6-4-5-9-20(13)14(21)12-19-10-7-16(17,18)8-11-19/h13H,4-12H2,1-3H3. The maximum Gasteiger partial charge on any atom is 0.250 e. The normalized spacial score (nSPS) is 27.7. The Kier molecular flexibility index (Phi) is 4.91. The number of halogens is 2. The maximum atomic E-state index is 13.2. The minimum atomic E-state index is -2.54. The van der Waals surface area contributed by atoms with Crippen LogP contribution in [0.5, 0.6) is 0 Å². The van der Waals surface area contributed by atoms with E-state index < -0.39 is 5.92 Å². The van der Waals surface area contributed by atoms with Crippen molar-refractivity contribution < 1.29 is 13.6 Å². The second kappa shape index (κ2) is 6.19. The van der Waals surface area contributed by atoms with Crippen molar-refractivity contribution in [3.63, 3.8) is 0 Å². The monoisotopic (exact) mass is 302 g/mol. The van der Waals surface area contributed by atoms with Crippen molar-refractivity contribution in [3.05, 3.63) is 0 Å². The lowest BCUT2D eigenvalue weighted by atomic mass is 9.80. The summed E-state index contributed by atoms with van der Waals surface area (Å²) in [4.78, 5) is 16.5. The van der Waals surface area contributed by atoms with Crippen LogP contribution < -0.4 is 0 Å². The molecule has 21 heavy (non-hydrogen) atoms. The fourth-order valence-electron chi connectivity index (χ4n) is 3.45. The molecule has 0 bridgehead atoms. The van der Waals surface area contributed by atoms with Crippen LogP contribution >= 0.6 is 0 Å². The first-order valence-electron chi connectivity index (χ1n) is 8.09. The first kappa shape index (κ1) is 16.7. The van der Waals surface area contributed by atoms with Crippen molar-refractivity contribution in [2.75, 3.05) is 26.2 Å². The molecule has 2 aliphatic rings. The summed E-state index contributed by atoms with van der Waals surface area (Å²) in [5, 5.41) is 0. The van der Waals surface area contributed by atoms with Crippen molar-refractivity contribution in [3.8, 4) is 0 Å². The van der Waals surface area contributed by atoms with E-state index in [1.165, 1.54) is 6.42 Å². The zero-order valence-corrected chi connectivity index (χ0v) is 13.5. The quantitative estimate of drug-likeness (QED) is 0.782. The number of carbonyl (C=O) groups is 1. The third-order valence-electron chi connectivity index (χ3n) is 4.77. The Morgan fingerprint density at radius 2 is 1.76 bits per heavy atom. The minimum Gasteiger partial charge on any atom is -0.338 e. The lowest BCUT2D eigenvalue weighted by molar-refractivity contribution is -0.140. The van der Waals surface area contributed by atoms with E-state index in [4.69, 9.17) is 0 Å². The summed E-state index contributed by atoms with van der Waals surface area (Å²) in [6.45, 7) is 8.27. The molecule has 2 rings (SSSR count). The molecule has 1 atom stereocenters. The molecule has 1 amide bonds. The number of hydrogen-bond acceptors (Lipinski definition) is 2. The Hall–Kier alpha value is -0.710. The van der Waals surface area contributed by atoms with Gasteiger partial charge in [0.05, 0.1) is 6.54 Å². The number of nitrogens with zero attached hydrogens (tertiary/aromatic N) is 2. The van der Waals surface area contributed by atoms with E-state index in [2.05, 4.69) is 20.8 Å². The van der Waals surface area contributed by atoms with Gasteiger partial charge in [-0.15, -0.1) is 0 Å². The van der Waals surface area contributed by atoms with Crippen molar-refractivity contribution >= 4 is 5.91 Å². The number of rotatable bonds is 2. The fourth-order valence-corrected chi connectivity index (χ4v) is 3.45. The van der Waals surface area contributed by atoms with E-state index in [0.29, 0.717) is 19.6 Å². The molecule has 122 valence electrons. The molecule has 3 nitrogen and oxygen atoms in total. The number of amides is 1. The fraction of sp³-hybridized carbons (Fsp3) is 0.938. The van der Waals surface area contributed by atoms with Gasteiger partial charge < -0.3 is 4.90 Å². The molecule has 2 fully saturated rings. The minimum absolute atomic E-state index is 0.0744. The molecular formula is C16H28F2N2O. The molecule has 0 saturated carbocycles. The highest BCUT2D eigenvalue weighted by atomic mass is 19.3. The SMILES string of the molecule is CC(C)(C)C1CCCCN1C(=O)CN1CCC(F)(F)CC1. The van der Waals surface area contributed by atoms with Gasteiger partial charge in [-0.25, -0.2) is 8.78 Å². The van der Waals surface area contributed by atoms with E-state index in [9.17, 15) is 13.6 Å². The Labute approximate surface area is 126 Å². The topological polar surface area (TPSA) is 23.6 Å². The summed E-state index contributed by atoms with van der Waals surface area (Å²) in [6.07, 6.45) is 3.03. The molecule has 0 aromatic carbocycles. The first-order chi connectivity index (χ1) is 9.69. The predicted molar refractivity (Wildman–Crippen MR) is 79.4 cm³/mol. The molecule has 5 heteroatoms. The second-order valence-electron chi connectivity index (χ2n) is 7.60. The molecule has 2 heterocycles. The lowest BCUT2D eigenvalue weighted by Gasteiger charge is -2.44. The van der Waals surface area contributed by atoms with Crippen molar-refractivity contribution in [1.82, 2.24) is 9.80 Å². The Bertz CT molecular complexity index is 369. The average molecular weight is 302 g/mol. The number of piperidine rings is 2. The summed E-state index contributed by atoms with van der Waals surface area (Å²) in [6, 6.07) is 0.269. The van der Waals surface area contributed by atoms with Crippen LogP contribution in [0.25, 0.3) is 0 Å². The summed E-state index contributed by atoms with van der Waals surface area (Å²) in [5.74, 6) is -2.43. The summed E-state index contributed by atoms with van der Waals surface area (Å²) < 4.78 is 26.3. The Morgan fingerprint density at radius 3 is 2.33 bits per heavy atom.